The molecule has 19 heavy (non-hydrogen) atoms. The molecule has 2 unspecified atom stereocenters. The van der Waals surface area contributed by atoms with E-state index in [0.29, 0.717) is 18.3 Å². The number of hydrogen-bond acceptors (Lipinski definition) is 6. The quantitative estimate of drug-likeness (QED) is 0.895. The Morgan fingerprint density at radius 2 is 2.21 bits per heavy atom. The smallest absolute Gasteiger partial charge is 0.244 e. The molecule has 1 saturated heterocycles. The lowest BCUT2D eigenvalue weighted by Gasteiger charge is -2.30. The first-order chi connectivity index (χ1) is 8.91. The fourth-order valence-corrected chi connectivity index (χ4v) is 2.02. The highest BCUT2D eigenvalue weighted by atomic mass is 16.5. The van der Waals surface area contributed by atoms with Crippen LogP contribution in [0.15, 0.2) is 4.52 Å². The van der Waals surface area contributed by atoms with Crippen molar-refractivity contribution in [1.29, 1.82) is 0 Å². The highest BCUT2D eigenvalue weighted by Gasteiger charge is 2.30. The minimum absolute atomic E-state index is 0.104. The first-order valence-electron chi connectivity index (χ1n) is 6.85. The SMILES string of the molecule is CCN1CCOC(c2noc(C(N)C(C)(C)C)n2)C1. The fourth-order valence-electron chi connectivity index (χ4n) is 2.02. The summed E-state index contributed by atoms with van der Waals surface area (Å²) in [5.41, 5.74) is 6.02. The van der Waals surface area contributed by atoms with Crippen LogP contribution in [0.1, 0.15) is 51.6 Å². The van der Waals surface area contributed by atoms with Crippen molar-refractivity contribution in [1.82, 2.24) is 15.0 Å². The summed E-state index contributed by atoms with van der Waals surface area (Å²) < 4.78 is 11.0. The average Bonchev–Trinajstić information content (AvgIpc) is 2.86. The molecule has 2 atom stereocenters. The van der Waals surface area contributed by atoms with Gasteiger partial charge >= 0.3 is 0 Å². The molecule has 2 heterocycles. The van der Waals surface area contributed by atoms with Gasteiger partial charge in [0.25, 0.3) is 0 Å². The Hall–Kier alpha value is -0.980. The number of aromatic nitrogens is 2. The van der Waals surface area contributed by atoms with Crippen LogP contribution in [0.4, 0.5) is 0 Å². The highest BCUT2D eigenvalue weighted by molar-refractivity contribution is 4.99. The summed E-state index contributed by atoms with van der Waals surface area (Å²) in [6.07, 6.45) is -0.113. The van der Waals surface area contributed by atoms with Gasteiger partial charge in [-0.25, -0.2) is 0 Å². The third kappa shape index (κ3) is 3.32. The van der Waals surface area contributed by atoms with Crippen molar-refractivity contribution in [3.05, 3.63) is 11.7 Å². The molecule has 0 aliphatic carbocycles. The van der Waals surface area contributed by atoms with E-state index >= 15 is 0 Å². The first-order valence-corrected chi connectivity index (χ1v) is 6.85. The molecule has 0 saturated carbocycles. The summed E-state index contributed by atoms with van der Waals surface area (Å²) in [5.74, 6) is 1.09. The molecule has 1 aromatic heterocycles. The molecule has 0 aromatic carbocycles. The Morgan fingerprint density at radius 3 is 2.84 bits per heavy atom. The van der Waals surface area contributed by atoms with E-state index in [0.717, 1.165) is 19.6 Å². The zero-order chi connectivity index (χ0) is 14.0. The molecule has 6 nitrogen and oxygen atoms in total. The van der Waals surface area contributed by atoms with Crippen molar-refractivity contribution in [3.8, 4) is 0 Å². The molecule has 1 fully saturated rings. The largest absolute Gasteiger partial charge is 0.367 e. The summed E-state index contributed by atoms with van der Waals surface area (Å²) >= 11 is 0. The molecule has 2 rings (SSSR count). The van der Waals surface area contributed by atoms with Crippen LogP contribution < -0.4 is 5.73 Å². The highest BCUT2D eigenvalue weighted by Crippen LogP contribution is 2.30. The van der Waals surface area contributed by atoms with Gasteiger partial charge in [0, 0.05) is 13.1 Å². The van der Waals surface area contributed by atoms with Crippen molar-refractivity contribution in [2.24, 2.45) is 11.1 Å². The molecule has 1 aliphatic rings. The summed E-state index contributed by atoms with van der Waals surface area (Å²) in [5, 5.41) is 4.03. The molecular formula is C13H24N4O2. The lowest BCUT2D eigenvalue weighted by Crippen LogP contribution is -2.38. The molecule has 108 valence electrons. The number of morpholine rings is 1. The van der Waals surface area contributed by atoms with E-state index < -0.39 is 0 Å². The second kappa shape index (κ2) is 5.56. The third-order valence-electron chi connectivity index (χ3n) is 3.54. The molecule has 0 bridgehead atoms. The molecule has 1 aliphatic heterocycles. The summed E-state index contributed by atoms with van der Waals surface area (Å²) in [4.78, 5) is 6.73. The number of hydrogen-bond donors (Lipinski definition) is 1. The van der Waals surface area contributed by atoms with E-state index in [-0.39, 0.29) is 17.6 Å². The van der Waals surface area contributed by atoms with Crippen LogP contribution in [0.25, 0.3) is 0 Å². The average molecular weight is 268 g/mol. The van der Waals surface area contributed by atoms with E-state index in [2.05, 4.69) is 42.7 Å². The van der Waals surface area contributed by atoms with Crippen LogP contribution in [0, 0.1) is 5.41 Å². The van der Waals surface area contributed by atoms with Crippen LogP contribution in [0.3, 0.4) is 0 Å². The van der Waals surface area contributed by atoms with Gasteiger partial charge in [-0.1, -0.05) is 32.9 Å². The lowest BCUT2D eigenvalue weighted by molar-refractivity contribution is -0.0334. The molecule has 2 N–H and O–H groups in total. The van der Waals surface area contributed by atoms with E-state index in [1.807, 2.05) is 0 Å². The van der Waals surface area contributed by atoms with Gasteiger partial charge in [-0.05, 0) is 12.0 Å². The van der Waals surface area contributed by atoms with Gasteiger partial charge < -0.3 is 15.0 Å². The predicted octanol–water partition coefficient (Wildman–Crippen LogP) is 1.51. The predicted molar refractivity (Wildman–Crippen MR) is 71.5 cm³/mol. The van der Waals surface area contributed by atoms with E-state index in [4.69, 9.17) is 15.0 Å². The van der Waals surface area contributed by atoms with Crippen molar-refractivity contribution >= 4 is 0 Å². The van der Waals surface area contributed by atoms with Crippen LogP contribution in [0.2, 0.25) is 0 Å². The monoisotopic (exact) mass is 268 g/mol. The topological polar surface area (TPSA) is 77.4 Å². The molecule has 0 radical (unpaired) electrons. The van der Waals surface area contributed by atoms with Gasteiger partial charge in [0.05, 0.1) is 12.6 Å². The van der Waals surface area contributed by atoms with Crippen LogP contribution in [0.5, 0.6) is 0 Å². The second-order valence-corrected chi connectivity index (χ2v) is 6.09. The van der Waals surface area contributed by atoms with Gasteiger partial charge in [0.15, 0.2) is 0 Å². The fraction of sp³-hybridized carbons (Fsp3) is 0.846. The Kier molecular flexibility index (Phi) is 4.23. The Bertz CT molecular complexity index is 413. The first kappa shape index (κ1) is 14.4. The Morgan fingerprint density at radius 1 is 1.47 bits per heavy atom. The molecular weight excluding hydrogens is 244 g/mol. The summed E-state index contributed by atoms with van der Waals surface area (Å²) in [6, 6.07) is -0.264. The molecule has 1 aromatic rings. The van der Waals surface area contributed by atoms with Gasteiger partial charge in [-0.15, -0.1) is 0 Å². The van der Waals surface area contributed by atoms with E-state index in [1.54, 1.807) is 0 Å². The van der Waals surface area contributed by atoms with Crippen molar-refractivity contribution in [2.45, 2.75) is 39.8 Å². The molecule has 6 heteroatoms. The third-order valence-corrected chi connectivity index (χ3v) is 3.54. The van der Waals surface area contributed by atoms with E-state index in [1.165, 1.54) is 0 Å². The zero-order valence-electron chi connectivity index (χ0n) is 12.2. The van der Waals surface area contributed by atoms with Crippen LogP contribution in [-0.2, 0) is 4.74 Å². The maximum Gasteiger partial charge on any atom is 0.244 e. The number of likely N-dealkylation sites (N-methyl/N-ethyl adjacent to an activating group) is 1. The van der Waals surface area contributed by atoms with Gasteiger partial charge in [0.2, 0.25) is 11.7 Å². The number of rotatable bonds is 3. The Labute approximate surface area is 114 Å². The van der Waals surface area contributed by atoms with Gasteiger partial charge in [0.1, 0.15) is 6.10 Å². The minimum atomic E-state index is -0.264. The Balaban J connectivity index is 2.08. The van der Waals surface area contributed by atoms with Gasteiger partial charge in [-0.2, -0.15) is 4.98 Å². The molecule has 0 spiro atoms. The van der Waals surface area contributed by atoms with Crippen molar-refractivity contribution in [2.75, 3.05) is 26.2 Å². The van der Waals surface area contributed by atoms with E-state index in [9.17, 15) is 0 Å². The minimum Gasteiger partial charge on any atom is -0.367 e. The number of nitrogens with zero attached hydrogens (tertiary/aromatic N) is 3. The van der Waals surface area contributed by atoms with Gasteiger partial charge in [-0.3, -0.25) is 4.90 Å². The maximum atomic E-state index is 6.12. The molecule has 0 amide bonds. The van der Waals surface area contributed by atoms with Crippen LogP contribution >= 0.6 is 0 Å². The number of nitrogens with two attached hydrogens (primary N) is 1. The number of ether oxygens (including phenoxy) is 1. The lowest BCUT2D eigenvalue weighted by atomic mass is 9.87. The summed E-state index contributed by atoms with van der Waals surface area (Å²) in [6.45, 7) is 11.8. The second-order valence-electron chi connectivity index (χ2n) is 6.09. The zero-order valence-corrected chi connectivity index (χ0v) is 12.2. The van der Waals surface area contributed by atoms with Crippen molar-refractivity contribution < 1.29 is 9.26 Å². The normalized spacial score (nSPS) is 23.5. The maximum absolute atomic E-state index is 6.12. The van der Waals surface area contributed by atoms with Crippen molar-refractivity contribution in [3.63, 3.8) is 0 Å². The standard InChI is InChI=1S/C13H24N4O2/c1-5-17-6-7-18-9(8-17)11-15-12(19-16-11)10(14)13(2,3)4/h9-10H,5-8,14H2,1-4H3. The van der Waals surface area contributed by atoms with Crippen LogP contribution in [-0.4, -0.2) is 41.3 Å². The summed E-state index contributed by atoms with van der Waals surface area (Å²) in [7, 11) is 0.